The normalized spacial score (nSPS) is 10.4. The third-order valence-corrected chi connectivity index (χ3v) is 2.91. The van der Waals surface area contributed by atoms with Gasteiger partial charge < -0.3 is 5.11 Å². The molecule has 0 spiro atoms. The third-order valence-electron chi connectivity index (χ3n) is 2.91. The Labute approximate surface area is 137 Å². The van der Waals surface area contributed by atoms with Gasteiger partial charge in [-0.1, -0.05) is 63.2 Å². The first-order valence-electron chi connectivity index (χ1n) is 6.26. The van der Waals surface area contributed by atoms with Crippen molar-refractivity contribution in [3.63, 3.8) is 0 Å². The predicted molar refractivity (Wildman–Crippen MR) is 83.9 cm³/mol. The van der Waals surface area contributed by atoms with E-state index in [2.05, 4.69) is 26.8 Å². The molecule has 106 valence electrons. The first-order valence-corrected chi connectivity index (χ1v) is 10.6. The van der Waals surface area contributed by atoms with E-state index in [0.29, 0.717) is 5.75 Å². The summed E-state index contributed by atoms with van der Waals surface area (Å²) in [4.78, 5) is 0. The van der Waals surface area contributed by atoms with E-state index in [4.69, 9.17) is 18.6 Å². The van der Waals surface area contributed by atoms with Crippen LogP contribution in [0.25, 0.3) is 11.1 Å². The molecule has 2 rings (SSSR count). The van der Waals surface area contributed by atoms with Crippen molar-refractivity contribution in [3.8, 4) is 16.9 Å². The number of hydrogen-bond donors (Lipinski definition) is 1. The van der Waals surface area contributed by atoms with Gasteiger partial charge in [-0.05, 0) is 22.6 Å². The number of phenolic OH excluding ortho intramolecular Hbond substituents is 1. The standard InChI is InChI=1S/C16H18O.2ClH.Ti/c1-16(2,3)13-10-7-11-14(17)15(13)12-8-5-4-6-9-12;;;/h4-11,17H,1-3H3;2*1H;/q;;;+2/p-2. The Morgan fingerprint density at radius 2 is 1.45 bits per heavy atom. The van der Waals surface area contributed by atoms with Gasteiger partial charge in [0.15, 0.2) is 0 Å². The fourth-order valence-electron chi connectivity index (χ4n) is 2.07. The molecule has 0 saturated carbocycles. The maximum absolute atomic E-state index is 10.1. The molecule has 0 amide bonds. The van der Waals surface area contributed by atoms with Crippen LogP contribution >= 0.6 is 18.6 Å². The summed E-state index contributed by atoms with van der Waals surface area (Å²) in [6.45, 7) is 6.48. The van der Waals surface area contributed by atoms with Crippen molar-refractivity contribution in [2.75, 3.05) is 0 Å². The van der Waals surface area contributed by atoms with Gasteiger partial charge in [0.2, 0.25) is 0 Å². The summed E-state index contributed by atoms with van der Waals surface area (Å²) in [6.07, 6.45) is 0. The van der Waals surface area contributed by atoms with Gasteiger partial charge in [-0.2, -0.15) is 0 Å². The zero-order valence-electron chi connectivity index (χ0n) is 11.8. The van der Waals surface area contributed by atoms with E-state index in [1.54, 1.807) is 6.07 Å². The molecule has 2 aromatic carbocycles. The fourth-order valence-corrected chi connectivity index (χ4v) is 2.07. The van der Waals surface area contributed by atoms with Crippen molar-refractivity contribution >= 4 is 18.6 Å². The van der Waals surface area contributed by atoms with E-state index in [0.717, 1.165) is 11.1 Å². The third kappa shape index (κ3) is 4.82. The molecule has 0 bridgehead atoms. The molecule has 20 heavy (non-hydrogen) atoms. The summed E-state index contributed by atoms with van der Waals surface area (Å²) in [5, 5.41) is 10.1. The molecule has 0 atom stereocenters. The average molecular weight is 345 g/mol. The van der Waals surface area contributed by atoms with Crippen LogP contribution in [0.2, 0.25) is 0 Å². The van der Waals surface area contributed by atoms with E-state index in [1.807, 2.05) is 36.4 Å². The second-order valence-electron chi connectivity index (χ2n) is 5.39. The van der Waals surface area contributed by atoms with Crippen molar-refractivity contribution in [1.82, 2.24) is 0 Å². The van der Waals surface area contributed by atoms with Crippen LogP contribution in [-0.2, 0) is 22.4 Å². The zero-order valence-corrected chi connectivity index (χ0v) is 14.9. The topological polar surface area (TPSA) is 20.2 Å². The van der Waals surface area contributed by atoms with Crippen molar-refractivity contribution in [2.45, 2.75) is 26.2 Å². The number of halogens is 2. The number of rotatable bonds is 1. The van der Waals surface area contributed by atoms with Gasteiger partial charge in [-0.15, -0.1) is 0 Å². The molecular weight excluding hydrogens is 327 g/mol. The molecule has 0 saturated heterocycles. The number of hydrogen-bond acceptors (Lipinski definition) is 1. The van der Waals surface area contributed by atoms with Crippen molar-refractivity contribution in [3.05, 3.63) is 54.1 Å². The van der Waals surface area contributed by atoms with Crippen LogP contribution in [0.3, 0.4) is 0 Å². The Hall–Kier alpha value is -0.466. The Kier molecular flexibility index (Phi) is 7.12. The van der Waals surface area contributed by atoms with Crippen molar-refractivity contribution < 1.29 is 22.1 Å². The van der Waals surface area contributed by atoms with Crippen LogP contribution in [0.4, 0.5) is 0 Å². The Morgan fingerprint density at radius 3 is 1.95 bits per heavy atom. The van der Waals surface area contributed by atoms with Gasteiger partial charge in [-0.3, -0.25) is 0 Å². The van der Waals surface area contributed by atoms with Gasteiger partial charge in [0.1, 0.15) is 5.75 Å². The molecule has 0 unspecified atom stereocenters. The molecule has 0 aliphatic heterocycles. The molecular formula is C16H18Cl2OTi. The minimum atomic E-state index is -0.556. The average Bonchev–Trinajstić information content (AvgIpc) is 2.39. The monoisotopic (exact) mass is 344 g/mol. The maximum atomic E-state index is 10.1. The summed E-state index contributed by atoms with van der Waals surface area (Å²) >= 11 is -0.556. The second kappa shape index (κ2) is 8.09. The second-order valence-corrected chi connectivity index (χ2v) is 7.97. The molecule has 4 heteroatoms. The van der Waals surface area contributed by atoms with Crippen molar-refractivity contribution in [2.24, 2.45) is 0 Å². The van der Waals surface area contributed by atoms with Crippen LogP contribution in [-0.4, -0.2) is 5.11 Å². The summed E-state index contributed by atoms with van der Waals surface area (Å²) in [5.74, 6) is 0.351. The molecule has 1 nitrogen and oxygen atoms in total. The summed E-state index contributed by atoms with van der Waals surface area (Å²) in [5.41, 5.74) is 3.20. The van der Waals surface area contributed by atoms with Crippen LogP contribution in [0.1, 0.15) is 26.3 Å². The Bertz CT molecular complexity index is 536. The van der Waals surface area contributed by atoms with Gasteiger partial charge in [0, 0.05) is 5.56 Å². The van der Waals surface area contributed by atoms with Crippen LogP contribution in [0.15, 0.2) is 48.5 Å². The van der Waals surface area contributed by atoms with E-state index >= 15 is 0 Å². The molecule has 0 heterocycles. The van der Waals surface area contributed by atoms with Crippen molar-refractivity contribution in [1.29, 1.82) is 0 Å². The SMILES string of the molecule is CC(C)(C)c1cccc(O)c1-c1ccccc1.[Cl][Ti][Cl]. The Balaban J connectivity index is 0.000000612. The summed E-state index contributed by atoms with van der Waals surface area (Å²) < 4.78 is 0. The van der Waals surface area contributed by atoms with E-state index in [-0.39, 0.29) is 5.41 Å². The minimum absolute atomic E-state index is 0.0178. The van der Waals surface area contributed by atoms with Crippen LogP contribution < -0.4 is 0 Å². The number of benzene rings is 2. The first kappa shape index (κ1) is 17.6. The quantitative estimate of drug-likeness (QED) is 0.654. The summed E-state index contributed by atoms with van der Waals surface area (Å²) in [6, 6.07) is 15.8. The van der Waals surface area contributed by atoms with E-state index in [1.165, 1.54) is 5.56 Å². The van der Waals surface area contributed by atoms with E-state index in [9.17, 15) is 5.11 Å². The van der Waals surface area contributed by atoms with E-state index < -0.39 is 17.0 Å². The molecule has 0 aromatic heterocycles. The van der Waals surface area contributed by atoms with Gasteiger partial charge in [0.05, 0.1) is 0 Å². The molecule has 0 aliphatic carbocycles. The zero-order chi connectivity index (χ0) is 15.2. The molecule has 0 aliphatic rings. The number of aromatic hydroxyl groups is 1. The van der Waals surface area contributed by atoms with Crippen LogP contribution in [0.5, 0.6) is 5.75 Å². The predicted octanol–water partition coefficient (Wildman–Crippen LogP) is 5.73. The molecule has 0 radical (unpaired) electrons. The van der Waals surface area contributed by atoms with Gasteiger partial charge in [0.25, 0.3) is 0 Å². The molecule has 2 aromatic rings. The molecule has 1 N–H and O–H groups in total. The van der Waals surface area contributed by atoms with Gasteiger partial charge in [-0.25, -0.2) is 0 Å². The fraction of sp³-hybridized carbons (Fsp3) is 0.250. The summed E-state index contributed by atoms with van der Waals surface area (Å²) in [7, 11) is 9.78. The first-order chi connectivity index (χ1) is 9.41. The number of phenols is 1. The van der Waals surface area contributed by atoms with Gasteiger partial charge >= 0.3 is 35.6 Å². The van der Waals surface area contributed by atoms with Crippen LogP contribution in [0, 0.1) is 0 Å². The molecule has 0 fully saturated rings. The Morgan fingerprint density at radius 1 is 0.900 bits per heavy atom.